The highest BCUT2D eigenvalue weighted by molar-refractivity contribution is 8.00. The summed E-state index contributed by atoms with van der Waals surface area (Å²) in [5.41, 5.74) is 1.02. The number of cyclic esters (lactones) is 1. The van der Waals surface area contributed by atoms with Crippen LogP contribution in [0.5, 0.6) is 0 Å². The second-order valence-electron chi connectivity index (χ2n) is 5.34. The van der Waals surface area contributed by atoms with E-state index in [0.29, 0.717) is 17.7 Å². The van der Waals surface area contributed by atoms with Crippen molar-refractivity contribution in [1.82, 2.24) is 14.8 Å². The molecule has 21 heavy (non-hydrogen) atoms. The van der Waals surface area contributed by atoms with E-state index in [0.717, 1.165) is 17.9 Å². The van der Waals surface area contributed by atoms with Gasteiger partial charge in [-0.05, 0) is 25.0 Å². The maximum absolute atomic E-state index is 11.6. The first kappa shape index (κ1) is 12.9. The highest BCUT2D eigenvalue weighted by Crippen LogP contribution is 2.41. The zero-order valence-electron chi connectivity index (χ0n) is 11.4. The van der Waals surface area contributed by atoms with Gasteiger partial charge in [0.2, 0.25) is 5.16 Å². The minimum Gasteiger partial charge on any atom is -0.465 e. The predicted octanol–water partition coefficient (Wildman–Crippen LogP) is 2.55. The van der Waals surface area contributed by atoms with Gasteiger partial charge in [0.05, 0.1) is 12.3 Å². The fraction of sp³-hybridized carbons (Fsp3) is 0.400. The summed E-state index contributed by atoms with van der Waals surface area (Å²) in [6.07, 6.45) is 3.07. The molecule has 2 aliphatic rings. The molecular formula is C15H15N3O2S. The van der Waals surface area contributed by atoms with Gasteiger partial charge in [-0.1, -0.05) is 30.0 Å². The number of carbonyl (C=O) groups is 1. The van der Waals surface area contributed by atoms with Gasteiger partial charge in [-0.25, -0.2) is 9.67 Å². The van der Waals surface area contributed by atoms with Crippen LogP contribution in [0.2, 0.25) is 0 Å². The summed E-state index contributed by atoms with van der Waals surface area (Å²) in [4.78, 5) is 16.2. The molecule has 1 aromatic heterocycles. The molecule has 1 atom stereocenters. The highest BCUT2D eigenvalue weighted by Gasteiger charge is 2.33. The molecule has 4 rings (SSSR count). The van der Waals surface area contributed by atoms with E-state index in [1.165, 1.54) is 24.6 Å². The topological polar surface area (TPSA) is 57.0 Å². The van der Waals surface area contributed by atoms with Crippen molar-refractivity contribution < 1.29 is 9.53 Å². The standard InChI is InChI=1S/C15H15N3O2S/c19-14-12(8-9-20-14)21-15-16-13(10-6-7-10)18(17-15)11-4-2-1-3-5-11/h1-5,10,12H,6-9H2/t12-/m0/s1. The lowest BCUT2D eigenvalue weighted by atomic mass is 10.3. The molecule has 0 spiro atoms. The van der Waals surface area contributed by atoms with Gasteiger partial charge >= 0.3 is 5.97 Å². The van der Waals surface area contributed by atoms with Crippen molar-refractivity contribution >= 4 is 17.7 Å². The second-order valence-corrected chi connectivity index (χ2v) is 6.51. The number of benzene rings is 1. The fourth-order valence-electron chi connectivity index (χ4n) is 2.43. The fourth-order valence-corrected chi connectivity index (χ4v) is 3.34. The molecule has 1 saturated heterocycles. The lowest BCUT2D eigenvalue weighted by molar-refractivity contribution is -0.137. The summed E-state index contributed by atoms with van der Waals surface area (Å²) >= 11 is 1.42. The summed E-state index contributed by atoms with van der Waals surface area (Å²) < 4.78 is 6.91. The number of hydrogen-bond acceptors (Lipinski definition) is 5. The van der Waals surface area contributed by atoms with Crippen molar-refractivity contribution in [2.45, 2.75) is 35.6 Å². The lowest BCUT2D eigenvalue weighted by Gasteiger charge is -2.03. The Morgan fingerprint density at radius 2 is 2.00 bits per heavy atom. The monoisotopic (exact) mass is 301 g/mol. The van der Waals surface area contributed by atoms with Crippen LogP contribution in [0.3, 0.4) is 0 Å². The van der Waals surface area contributed by atoms with E-state index in [2.05, 4.69) is 10.1 Å². The average molecular weight is 301 g/mol. The molecule has 0 N–H and O–H groups in total. The zero-order valence-corrected chi connectivity index (χ0v) is 12.3. The van der Waals surface area contributed by atoms with Crippen LogP contribution in [0, 0.1) is 0 Å². The van der Waals surface area contributed by atoms with Gasteiger partial charge in [-0.2, -0.15) is 0 Å². The number of para-hydroxylation sites is 1. The van der Waals surface area contributed by atoms with Gasteiger partial charge in [0.15, 0.2) is 0 Å². The quantitative estimate of drug-likeness (QED) is 0.812. The normalized spacial score (nSPS) is 21.5. The first-order chi connectivity index (χ1) is 10.3. The third-order valence-electron chi connectivity index (χ3n) is 3.69. The molecule has 1 saturated carbocycles. The van der Waals surface area contributed by atoms with Crippen molar-refractivity contribution in [1.29, 1.82) is 0 Å². The summed E-state index contributed by atoms with van der Waals surface area (Å²) in [6, 6.07) is 10.0. The Hall–Kier alpha value is -1.82. The molecule has 1 aliphatic heterocycles. The van der Waals surface area contributed by atoms with Crippen LogP contribution in [0.1, 0.15) is 31.0 Å². The number of nitrogens with zero attached hydrogens (tertiary/aromatic N) is 3. The third-order valence-corrected chi connectivity index (χ3v) is 4.79. The number of aromatic nitrogens is 3. The van der Waals surface area contributed by atoms with E-state index < -0.39 is 0 Å². The van der Waals surface area contributed by atoms with Crippen molar-refractivity contribution in [2.75, 3.05) is 6.61 Å². The molecule has 2 aromatic rings. The number of thioether (sulfide) groups is 1. The van der Waals surface area contributed by atoms with E-state index >= 15 is 0 Å². The number of rotatable bonds is 4. The predicted molar refractivity (Wildman–Crippen MR) is 78.6 cm³/mol. The number of ether oxygens (including phenoxy) is 1. The number of hydrogen-bond donors (Lipinski definition) is 0. The molecule has 6 heteroatoms. The molecule has 5 nitrogen and oxygen atoms in total. The minimum absolute atomic E-state index is 0.149. The van der Waals surface area contributed by atoms with Crippen molar-refractivity contribution in [3.05, 3.63) is 36.2 Å². The van der Waals surface area contributed by atoms with Gasteiger partial charge in [0.25, 0.3) is 0 Å². The largest absolute Gasteiger partial charge is 0.465 e. The molecule has 0 bridgehead atoms. The van der Waals surface area contributed by atoms with Gasteiger partial charge in [-0.15, -0.1) is 5.10 Å². The summed E-state index contributed by atoms with van der Waals surface area (Å²) in [7, 11) is 0. The molecule has 2 heterocycles. The molecule has 0 unspecified atom stereocenters. The summed E-state index contributed by atoms with van der Waals surface area (Å²) in [5, 5.41) is 5.11. The smallest absolute Gasteiger partial charge is 0.319 e. The van der Waals surface area contributed by atoms with E-state index in [1.807, 2.05) is 35.0 Å². The van der Waals surface area contributed by atoms with Crippen molar-refractivity contribution in [3.8, 4) is 5.69 Å². The Kier molecular flexibility index (Phi) is 3.18. The van der Waals surface area contributed by atoms with E-state index in [-0.39, 0.29) is 11.2 Å². The third kappa shape index (κ3) is 2.55. The van der Waals surface area contributed by atoms with Gasteiger partial charge < -0.3 is 4.74 Å². The van der Waals surface area contributed by atoms with Crippen LogP contribution in [-0.4, -0.2) is 32.6 Å². The second kappa shape index (κ2) is 5.18. The molecule has 0 radical (unpaired) electrons. The van der Waals surface area contributed by atoms with E-state index in [9.17, 15) is 4.79 Å². The van der Waals surface area contributed by atoms with Crippen molar-refractivity contribution in [3.63, 3.8) is 0 Å². The summed E-state index contributed by atoms with van der Waals surface area (Å²) in [6.45, 7) is 0.505. The van der Waals surface area contributed by atoms with Crippen LogP contribution in [0.4, 0.5) is 0 Å². The lowest BCUT2D eigenvalue weighted by Crippen LogP contribution is -2.09. The Morgan fingerprint density at radius 3 is 2.67 bits per heavy atom. The molecular weight excluding hydrogens is 286 g/mol. The van der Waals surface area contributed by atoms with Gasteiger partial charge in [-0.3, -0.25) is 4.79 Å². The Morgan fingerprint density at radius 1 is 1.19 bits per heavy atom. The van der Waals surface area contributed by atoms with Gasteiger partial charge in [0.1, 0.15) is 11.1 Å². The molecule has 2 fully saturated rings. The maximum atomic E-state index is 11.6. The molecule has 1 aromatic carbocycles. The molecule has 0 amide bonds. The average Bonchev–Trinajstić information content (AvgIpc) is 3.16. The Labute approximate surface area is 126 Å². The highest BCUT2D eigenvalue weighted by atomic mass is 32.2. The van der Waals surface area contributed by atoms with Crippen LogP contribution in [-0.2, 0) is 9.53 Å². The Bertz CT molecular complexity index is 667. The zero-order chi connectivity index (χ0) is 14.2. The van der Waals surface area contributed by atoms with Crippen LogP contribution in [0.15, 0.2) is 35.5 Å². The Balaban J connectivity index is 1.65. The van der Waals surface area contributed by atoms with Crippen LogP contribution in [0.25, 0.3) is 5.69 Å². The minimum atomic E-state index is -0.163. The SMILES string of the molecule is O=C1OCC[C@@H]1Sc1nc(C2CC2)n(-c2ccccc2)n1. The number of carbonyl (C=O) groups excluding carboxylic acids is 1. The maximum Gasteiger partial charge on any atom is 0.319 e. The first-order valence-electron chi connectivity index (χ1n) is 7.17. The van der Waals surface area contributed by atoms with E-state index in [4.69, 9.17) is 4.74 Å². The van der Waals surface area contributed by atoms with Crippen LogP contribution < -0.4 is 0 Å². The van der Waals surface area contributed by atoms with Crippen molar-refractivity contribution in [2.24, 2.45) is 0 Å². The van der Waals surface area contributed by atoms with Crippen LogP contribution >= 0.6 is 11.8 Å². The summed E-state index contributed by atoms with van der Waals surface area (Å²) in [5.74, 6) is 1.36. The number of esters is 1. The molecule has 1 aliphatic carbocycles. The van der Waals surface area contributed by atoms with Gasteiger partial charge in [0, 0.05) is 12.3 Å². The van der Waals surface area contributed by atoms with E-state index in [1.54, 1.807) is 0 Å². The first-order valence-corrected chi connectivity index (χ1v) is 8.05. The molecule has 108 valence electrons.